The number of nitrogen functional groups attached to an aromatic ring is 1. The average Bonchev–Trinajstić information content (AvgIpc) is 2.74. The van der Waals surface area contributed by atoms with Gasteiger partial charge in [-0.3, -0.25) is 0 Å². The molecule has 2 N–H and O–H groups in total. The van der Waals surface area contributed by atoms with Gasteiger partial charge in [-0.05, 0) is 22.4 Å². The molecule has 0 aliphatic heterocycles. The summed E-state index contributed by atoms with van der Waals surface area (Å²) in [7, 11) is 0. The van der Waals surface area contributed by atoms with E-state index in [2.05, 4.69) is 14.9 Å². The number of benzene rings is 1. The van der Waals surface area contributed by atoms with Gasteiger partial charge in [-0.25, -0.2) is 9.42 Å². The fourth-order valence-corrected chi connectivity index (χ4v) is 1.65. The summed E-state index contributed by atoms with van der Waals surface area (Å²) >= 11 is 11.7. The van der Waals surface area contributed by atoms with Crippen molar-refractivity contribution < 1.29 is 14.2 Å². The first-order valence-corrected chi connectivity index (χ1v) is 5.52. The summed E-state index contributed by atoms with van der Waals surface area (Å²) < 4.78 is 9.25. The Morgan fingerprint density at radius 3 is 2.78 bits per heavy atom. The van der Waals surface area contributed by atoms with E-state index in [0.29, 0.717) is 15.6 Å². The number of carbonyl (C=O) groups is 1. The SMILES string of the molecule is Nc1nonc1C(=O)OCc1ccc(Cl)cc1Cl. The summed E-state index contributed by atoms with van der Waals surface area (Å²) in [5.41, 5.74) is 5.80. The topological polar surface area (TPSA) is 91.2 Å². The molecule has 6 nitrogen and oxygen atoms in total. The monoisotopic (exact) mass is 287 g/mol. The molecule has 0 atom stereocenters. The highest BCUT2D eigenvalue weighted by Gasteiger charge is 2.17. The van der Waals surface area contributed by atoms with Gasteiger partial charge in [-0.15, -0.1) is 0 Å². The fraction of sp³-hybridized carbons (Fsp3) is 0.100. The molecule has 8 heteroatoms. The molecule has 18 heavy (non-hydrogen) atoms. The molecular formula is C10H7Cl2N3O3. The number of aromatic nitrogens is 2. The normalized spacial score (nSPS) is 10.3. The zero-order valence-electron chi connectivity index (χ0n) is 8.89. The number of esters is 1. The number of rotatable bonds is 3. The Kier molecular flexibility index (Phi) is 3.69. The van der Waals surface area contributed by atoms with Crippen LogP contribution in [-0.4, -0.2) is 16.3 Å². The minimum absolute atomic E-state index is 0.0267. The van der Waals surface area contributed by atoms with E-state index in [9.17, 15) is 4.79 Å². The van der Waals surface area contributed by atoms with Crippen LogP contribution in [0.25, 0.3) is 0 Å². The van der Waals surface area contributed by atoms with Crippen LogP contribution in [0, 0.1) is 0 Å². The molecule has 1 aromatic heterocycles. The van der Waals surface area contributed by atoms with Crippen LogP contribution < -0.4 is 5.73 Å². The Bertz CT molecular complexity index is 585. The van der Waals surface area contributed by atoms with Gasteiger partial charge >= 0.3 is 5.97 Å². The Morgan fingerprint density at radius 2 is 2.17 bits per heavy atom. The van der Waals surface area contributed by atoms with E-state index >= 15 is 0 Å². The molecule has 0 aliphatic rings. The van der Waals surface area contributed by atoms with Crippen molar-refractivity contribution in [2.45, 2.75) is 6.61 Å². The molecular weight excluding hydrogens is 281 g/mol. The van der Waals surface area contributed by atoms with Crippen LogP contribution in [0.5, 0.6) is 0 Å². The van der Waals surface area contributed by atoms with Gasteiger partial charge in [0.1, 0.15) is 6.61 Å². The van der Waals surface area contributed by atoms with E-state index in [1.165, 1.54) is 0 Å². The zero-order valence-corrected chi connectivity index (χ0v) is 10.4. The maximum absolute atomic E-state index is 11.5. The lowest BCUT2D eigenvalue weighted by Crippen LogP contribution is -2.08. The van der Waals surface area contributed by atoms with Crippen molar-refractivity contribution in [3.8, 4) is 0 Å². The van der Waals surface area contributed by atoms with Crippen LogP contribution >= 0.6 is 23.2 Å². The van der Waals surface area contributed by atoms with Crippen molar-refractivity contribution in [2.24, 2.45) is 0 Å². The molecule has 0 aliphatic carbocycles. The summed E-state index contributed by atoms with van der Waals surface area (Å²) in [6, 6.07) is 4.85. The van der Waals surface area contributed by atoms with Gasteiger partial charge in [0.25, 0.3) is 0 Å². The first-order chi connectivity index (χ1) is 8.58. The minimum Gasteiger partial charge on any atom is -0.456 e. The highest BCUT2D eigenvalue weighted by Crippen LogP contribution is 2.22. The Labute approximate surface area is 112 Å². The molecule has 1 aromatic carbocycles. The number of halogens is 2. The molecule has 2 aromatic rings. The Morgan fingerprint density at radius 1 is 1.39 bits per heavy atom. The molecule has 0 spiro atoms. The quantitative estimate of drug-likeness (QED) is 0.871. The fourth-order valence-electron chi connectivity index (χ4n) is 1.19. The number of nitrogens with two attached hydrogens (primary N) is 1. The van der Waals surface area contributed by atoms with E-state index in [0.717, 1.165) is 0 Å². The minimum atomic E-state index is -0.736. The van der Waals surface area contributed by atoms with Crippen LogP contribution in [0.1, 0.15) is 16.1 Å². The molecule has 0 amide bonds. The smallest absolute Gasteiger partial charge is 0.364 e. The lowest BCUT2D eigenvalue weighted by atomic mass is 10.2. The summed E-state index contributed by atoms with van der Waals surface area (Å²) in [4.78, 5) is 11.5. The second kappa shape index (κ2) is 5.24. The average molecular weight is 288 g/mol. The summed E-state index contributed by atoms with van der Waals surface area (Å²) in [6.07, 6.45) is 0. The molecule has 0 bridgehead atoms. The van der Waals surface area contributed by atoms with E-state index in [1.54, 1.807) is 18.2 Å². The first kappa shape index (κ1) is 12.7. The van der Waals surface area contributed by atoms with Crippen LogP contribution in [0.2, 0.25) is 10.0 Å². The molecule has 0 radical (unpaired) electrons. The Balaban J connectivity index is 2.04. The predicted molar refractivity (Wildman–Crippen MR) is 64.3 cm³/mol. The molecule has 0 saturated carbocycles. The summed E-state index contributed by atoms with van der Waals surface area (Å²) in [6.45, 7) is -0.0267. The van der Waals surface area contributed by atoms with Gasteiger partial charge < -0.3 is 10.5 Å². The third-order valence-electron chi connectivity index (χ3n) is 2.08. The predicted octanol–water partition coefficient (Wildman–Crippen LogP) is 2.32. The second-order valence-corrected chi connectivity index (χ2v) is 4.15. The van der Waals surface area contributed by atoms with Crippen LogP contribution in [0.3, 0.4) is 0 Å². The Hall–Kier alpha value is -1.79. The van der Waals surface area contributed by atoms with Gasteiger partial charge in [-0.1, -0.05) is 29.3 Å². The van der Waals surface area contributed by atoms with Crippen LogP contribution in [-0.2, 0) is 11.3 Å². The first-order valence-electron chi connectivity index (χ1n) is 4.77. The highest BCUT2D eigenvalue weighted by molar-refractivity contribution is 6.35. The highest BCUT2D eigenvalue weighted by atomic mass is 35.5. The summed E-state index contributed by atoms with van der Waals surface area (Å²) in [5, 5.41) is 7.50. The van der Waals surface area contributed by atoms with E-state index in [4.69, 9.17) is 33.7 Å². The van der Waals surface area contributed by atoms with E-state index < -0.39 is 5.97 Å². The number of hydrogen-bond acceptors (Lipinski definition) is 6. The molecule has 0 saturated heterocycles. The van der Waals surface area contributed by atoms with Gasteiger partial charge in [0, 0.05) is 15.6 Å². The van der Waals surface area contributed by atoms with Crippen molar-refractivity contribution in [3.63, 3.8) is 0 Å². The maximum atomic E-state index is 11.5. The number of ether oxygens (including phenoxy) is 1. The van der Waals surface area contributed by atoms with Gasteiger partial charge in [0.05, 0.1) is 0 Å². The molecule has 2 rings (SSSR count). The van der Waals surface area contributed by atoms with Crippen molar-refractivity contribution in [1.82, 2.24) is 10.3 Å². The molecule has 94 valence electrons. The lowest BCUT2D eigenvalue weighted by molar-refractivity contribution is 0.0461. The van der Waals surface area contributed by atoms with Crippen molar-refractivity contribution in [2.75, 3.05) is 5.73 Å². The number of nitrogens with zero attached hydrogens (tertiary/aromatic N) is 2. The molecule has 1 heterocycles. The lowest BCUT2D eigenvalue weighted by Gasteiger charge is -2.05. The van der Waals surface area contributed by atoms with Gasteiger partial charge in [-0.2, -0.15) is 0 Å². The standard InChI is InChI=1S/C10H7Cl2N3O3/c11-6-2-1-5(7(12)3-6)4-17-10(16)8-9(13)15-18-14-8/h1-3H,4H2,(H2,13,15). The third-order valence-corrected chi connectivity index (χ3v) is 2.67. The number of carbonyl (C=O) groups excluding carboxylic acids is 1. The number of hydrogen-bond donors (Lipinski definition) is 1. The van der Waals surface area contributed by atoms with Crippen LogP contribution in [0.4, 0.5) is 5.82 Å². The van der Waals surface area contributed by atoms with Crippen molar-refractivity contribution in [3.05, 3.63) is 39.5 Å². The van der Waals surface area contributed by atoms with Gasteiger partial charge in [0.2, 0.25) is 11.5 Å². The van der Waals surface area contributed by atoms with E-state index in [-0.39, 0.29) is 18.1 Å². The van der Waals surface area contributed by atoms with Crippen molar-refractivity contribution in [1.29, 1.82) is 0 Å². The third kappa shape index (κ3) is 2.72. The largest absolute Gasteiger partial charge is 0.456 e. The molecule has 0 fully saturated rings. The second-order valence-electron chi connectivity index (χ2n) is 3.31. The maximum Gasteiger partial charge on any atom is 0.364 e. The molecule has 0 unspecified atom stereocenters. The van der Waals surface area contributed by atoms with E-state index in [1.807, 2.05) is 0 Å². The van der Waals surface area contributed by atoms with Crippen molar-refractivity contribution >= 4 is 35.0 Å². The summed E-state index contributed by atoms with van der Waals surface area (Å²) in [5.74, 6) is -0.859. The zero-order chi connectivity index (χ0) is 13.1. The van der Waals surface area contributed by atoms with Crippen LogP contribution in [0.15, 0.2) is 22.8 Å². The van der Waals surface area contributed by atoms with Gasteiger partial charge in [0.15, 0.2) is 0 Å². The number of anilines is 1.